The Morgan fingerprint density at radius 3 is 2.57 bits per heavy atom. The Morgan fingerprint density at radius 2 is 1.90 bits per heavy atom. The summed E-state index contributed by atoms with van der Waals surface area (Å²) in [5.74, 6) is 0.627. The van der Waals surface area contributed by atoms with Gasteiger partial charge in [-0.2, -0.15) is 4.68 Å². The van der Waals surface area contributed by atoms with Crippen LogP contribution in [0.5, 0.6) is 0 Å². The summed E-state index contributed by atoms with van der Waals surface area (Å²) >= 11 is 5.95. The summed E-state index contributed by atoms with van der Waals surface area (Å²) in [6, 6.07) is 13.5. The predicted molar refractivity (Wildman–Crippen MR) is 83.4 cm³/mol. The summed E-state index contributed by atoms with van der Waals surface area (Å²) in [4.78, 5) is 0. The van der Waals surface area contributed by atoms with Crippen LogP contribution in [0.4, 0.5) is 5.69 Å². The molecule has 0 aliphatic heterocycles. The molecule has 0 saturated carbocycles. The summed E-state index contributed by atoms with van der Waals surface area (Å²) < 4.78 is 1.68. The second kappa shape index (κ2) is 5.54. The number of nitrogen functional groups attached to an aromatic ring is 1. The molecule has 0 saturated heterocycles. The molecule has 106 valence electrons. The van der Waals surface area contributed by atoms with Gasteiger partial charge in [0.2, 0.25) is 0 Å². The highest BCUT2D eigenvalue weighted by Crippen LogP contribution is 2.26. The summed E-state index contributed by atoms with van der Waals surface area (Å²) in [5.41, 5.74) is 9.34. The molecular weight excluding hydrogens is 286 g/mol. The zero-order chi connectivity index (χ0) is 14.8. The van der Waals surface area contributed by atoms with Crippen molar-refractivity contribution in [1.82, 2.24) is 20.2 Å². The molecule has 1 aromatic heterocycles. The molecular formula is C15H14ClN5. The van der Waals surface area contributed by atoms with E-state index in [1.807, 2.05) is 18.2 Å². The summed E-state index contributed by atoms with van der Waals surface area (Å²) in [6.45, 7) is 2.12. The highest BCUT2D eigenvalue weighted by atomic mass is 35.5. The van der Waals surface area contributed by atoms with E-state index in [1.165, 1.54) is 5.56 Å². The van der Waals surface area contributed by atoms with Crippen LogP contribution < -0.4 is 5.73 Å². The van der Waals surface area contributed by atoms with E-state index in [9.17, 15) is 0 Å². The Kier molecular flexibility index (Phi) is 3.58. The number of tetrazole rings is 1. The van der Waals surface area contributed by atoms with Gasteiger partial charge in [0.25, 0.3) is 0 Å². The molecule has 6 heteroatoms. The second-order valence-electron chi connectivity index (χ2n) is 4.67. The highest BCUT2D eigenvalue weighted by molar-refractivity contribution is 6.33. The van der Waals surface area contributed by atoms with Gasteiger partial charge in [0.1, 0.15) is 0 Å². The van der Waals surface area contributed by atoms with Crippen molar-refractivity contribution in [1.29, 1.82) is 0 Å². The van der Waals surface area contributed by atoms with E-state index in [0.717, 1.165) is 17.7 Å². The van der Waals surface area contributed by atoms with Gasteiger partial charge in [-0.05, 0) is 52.7 Å². The first-order valence-electron chi connectivity index (χ1n) is 6.62. The Balaban J connectivity index is 2.05. The van der Waals surface area contributed by atoms with E-state index < -0.39 is 0 Å². The minimum absolute atomic E-state index is 0.505. The van der Waals surface area contributed by atoms with Crippen LogP contribution in [-0.4, -0.2) is 20.2 Å². The largest absolute Gasteiger partial charge is 0.398 e. The van der Waals surface area contributed by atoms with Gasteiger partial charge in [-0.15, -0.1) is 5.10 Å². The first kappa shape index (κ1) is 13.6. The summed E-state index contributed by atoms with van der Waals surface area (Å²) in [7, 11) is 0. The van der Waals surface area contributed by atoms with Crippen LogP contribution in [0.1, 0.15) is 12.5 Å². The molecule has 0 unspecified atom stereocenters. The Labute approximate surface area is 127 Å². The first-order chi connectivity index (χ1) is 10.2. The number of aryl methyl sites for hydroxylation is 1. The fourth-order valence-electron chi connectivity index (χ4n) is 2.10. The van der Waals surface area contributed by atoms with Crippen molar-refractivity contribution in [3.8, 4) is 17.1 Å². The van der Waals surface area contributed by atoms with Gasteiger partial charge in [-0.3, -0.25) is 0 Å². The number of benzene rings is 2. The van der Waals surface area contributed by atoms with E-state index in [0.29, 0.717) is 16.5 Å². The Bertz CT molecular complexity index is 764. The molecule has 0 amide bonds. The van der Waals surface area contributed by atoms with Crippen molar-refractivity contribution in [2.24, 2.45) is 0 Å². The van der Waals surface area contributed by atoms with Gasteiger partial charge in [-0.25, -0.2) is 0 Å². The highest BCUT2D eigenvalue weighted by Gasteiger charge is 2.11. The quantitative estimate of drug-likeness (QED) is 0.754. The first-order valence-corrected chi connectivity index (χ1v) is 7.00. The number of rotatable bonds is 3. The summed E-state index contributed by atoms with van der Waals surface area (Å²) in [5, 5.41) is 12.4. The molecule has 0 fully saturated rings. The number of halogens is 1. The van der Waals surface area contributed by atoms with Crippen molar-refractivity contribution >= 4 is 17.3 Å². The zero-order valence-electron chi connectivity index (χ0n) is 11.5. The molecule has 0 aliphatic rings. The van der Waals surface area contributed by atoms with Crippen LogP contribution in [-0.2, 0) is 6.42 Å². The second-order valence-corrected chi connectivity index (χ2v) is 5.08. The van der Waals surface area contributed by atoms with Crippen molar-refractivity contribution in [2.75, 3.05) is 5.73 Å². The predicted octanol–water partition coefficient (Wildman–Crippen LogP) is 3.13. The van der Waals surface area contributed by atoms with Crippen LogP contribution >= 0.6 is 11.6 Å². The summed E-state index contributed by atoms with van der Waals surface area (Å²) in [6.07, 6.45) is 0.996. The van der Waals surface area contributed by atoms with Gasteiger partial charge in [0.05, 0.1) is 16.4 Å². The number of nitrogens with two attached hydrogens (primary N) is 1. The smallest absolute Gasteiger partial charge is 0.187 e. The fourth-order valence-corrected chi connectivity index (χ4v) is 2.21. The molecule has 3 rings (SSSR count). The van der Waals surface area contributed by atoms with Crippen LogP contribution in [0.15, 0.2) is 42.5 Å². The number of hydrogen-bond acceptors (Lipinski definition) is 4. The molecule has 0 bridgehead atoms. The van der Waals surface area contributed by atoms with Gasteiger partial charge >= 0.3 is 0 Å². The lowest BCUT2D eigenvalue weighted by Gasteiger charge is -2.06. The molecule has 21 heavy (non-hydrogen) atoms. The van der Waals surface area contributed by atoms with Crippen LogP contribution in [0.25, 0.3) is 17.1 Å². The van der Waals surface area contributed by atoms with Crippen LogP contribution in [0.3, 0.4) is 0 Å². The molecule has 1 heterocycles. The van der Waals surface area contributed by atoms with Crippen molar-refractivity contribution in [2.45, 2.75) is 13.3 Å². The SMILES string of the molecule is CCc1ccc(-n2nnnc2-c2ccc(Cl)c(N)c2)cc1. The maximum atomic E-state index is 5.95. The lowest BCUT2D eigenvalue weighted by molar-refractivity contribution is 0.791. The lowest BCUT2D eigenvalue weighted by atomic mass is 10.1. The minimum atomic E-state index is 0.505. The average molecular weight is 300 g/mol. The molecule has 0 aliphatic carbocycles. The molecule has 0 atom stereocenters. The molecule has 2 aromatic carbocycles. The number of anilines is 1. The standard InChI is InChI=1S/C15H14ClN5/c1-2-10-3-6-12(7-4-10)21-15(18-19-20-21)11-5-8-13(16)14(17)9-11/h3-9H,2,17H2,1H3. The van der Waals surface area contributed by atoms with E-state index in [4.69, 9.17) is 17.3 Å². The van der Waals surface area contributed by atoms with E-state index >= 15 is 0 Å². The molecule has 3 aromatic rings. The van der Waals surface area contributed by atoms with E-state index in [2.05, 4.69) is 34.6 Å². The van der Waals surface area contributed by atoms with Crippen LogP contribution in [0.2, 0.25) is 5.02 Å². The average Bonchev–Trinajstić information content (AvgIpc) is 2.99. The lowest BCUT2D eigenvalue weighted by Crippen LogP contribution is -2.00. The number of hydrogen-bond donors (Lipinski definition) is 1. The van der Waals surface area contributed by atoms with Gasteiger partial charge < -0.3 is 5.73 Å². The van der Waals surface area contributed by atoms with Crippen molar-refractivity contribution in [3.05, 3.63) is 53.1 Å². The van der Waals surface area contributed by atoms with Gasteiger partial charge in [-0.1, -0.05) is 30.7 Å². The van der Waals surface area contributed by atoms with Crippen molar-refractivity contribution in [3.63, 3.8) is 0 Å². The third kappa shape index (κ3) is 2.60. The topological polar surface area (TPSA) is 69.6 Å². The monoisotopic (exact) mass is 299 g/mol. The minimum Gasteiger partial charge on any atom is -0.398 e. The number of aromatic nitrogens is 4. The van der Waals surface area contributed by atoms with Gasteiger partial charge in [0, 0.05) is 5.56 Å². The third-order valence-electron chi connectivity index (χ3n) is 3.31. The normalized spacial score (nSPS) is 10.8. The Hall–Kier alpha value is -2.40. The van der Waals surface area contributed by atoms with Crippen molar-refractivity contribution < 1.29 is 0 Å². The van der Waals surface area contributed by atoms with Crippen LogP contribution in [0, 0.1) is 0 Å². The molecule has 0 spiro atoms. The van der Waals surface area contributed by atoms with Gasteiger partial charge in [0.15, 0.2) is 5.82 Å². The number of nitrogens with zero attached hydrogens (tertiary/aromatic N) is 4. The maximum absolute atomic E-state index is 5.95. The molecule has 5 nitrogen and oxygen atoms in total. The Morgan fingerprint density at radius 1 is 1.14 bits per heavy atom. The molecule has 2 N–H and O–H groups in total. The maximum Gasteiger partial charge on any atom is 0.187 e. The van der Waals surface area contributed by atoms with E-state index in [1.54, 1.807) is 16.8 Å². The fraction of sp³-hybridized carbons (Fsp3) is 0.133. The van der Waals surface area contributed by atoms with E-state index in [-0.39, 0.29) is 0 Å². The molecule has 0 radical (unpaired) electrons. The zero-order valence-corrected chi connectivity index (χ0v) is 12.2. The third-order valence-corrected chi connectivity index (χ3v) is 3.66.